The molecule has 2 heterocycles. The zero-order valence-electron chi connectivity index (χ0n) is 14.8. The molecule has 6 heteroatoms. The van der Waals surface area contributed by atoms with Crippen LogP contribution < -0.4 is 4.74 Å². The molecule has 0 aliphatic heterocycles. The summed E-state index contributed by atoms with van der Waals surface area (Å²) in [5.74, 6) is -0.419. The van der Waals surface area contributed by atoms with Crippen LogP contribution in [0.4, 0.5) is 0 Å². The van der Waals surface area contributed by atoms with E-state index in [0.717, 1.165) is 12.0 Å². The van der Waals surface area contributed by atoms with Crippen LogP contribution >= 0.6 is 0 Å². The largest absolute Gasteiger partial charge is 0.454 e. The molecule has 0 unspecified atom stereocenters. The monoisotopic (exact) mass is 362 g/mol. The molecule has 3 rings (SSSR count). The number of pyridine rings is 2. The van der Waals surface area contributed by atoms with Gasteiger partial charge in [-0.2, -0.15) is 0 Å². The highest BCUT2D eigenvalue weighted by molar-refractivity contribution is 5.99. The molecular formula is C21H18N2O4. The smallest absolute Gasteiger partial charge is 0.344 e. The van der Waals surface area contributed by atoms with Crippen LogP contribution in [0.15, 0.2) is 67.1 Å². The van der Waals surface area contributed by atoms with Gasteiger partial charge in [-0.05, 0) is 36.2 Å². The van der Waals surface area contributed by atoms with Gasteiger partial charge in [-0.3, -0.25) is 9.78 Å². The summed E-state index contributed by atoms with van der Waals surface area (Å²) in [4.78, 5) is 32.6. The second-order valence-corrected chi connectivity index (χ2v) is 5.70. The van der Waals surface area contributed by atoms with Crippen molar-refractivity contribution in [3.8, 4) is 11.6 Å². The zero-order chi connectivity index (χ0) is 19.1. The van der Waals surface area contributed by atoms with Crippen molar-refractivity contribution in [2.45, 2.75) is 13.3 Å². The summed E-state index contributed by atoms with van der Waals surface area (Å²) in [6, 6.07) is 13.8. The van der Waals surface area contributed by atoms with Crippen LogP contribution in [0.2, 0.25) is 0 Å². The highest BCUT2D eigenvalue weighted by atomic mass is 16.5. The van der Waals surface area contributed by atoms with Gasteiger partial charge in [-0.1, -0.05) is 31.2 Å². The van der Waals surface area contributed by atoms with Gasteiger partial charge in [0.05, 0.1) is 6.20 Å². The van der Waals surface area contributed by atoms with E-state index in [1.165, 1.54) is 18.5 Å². The summed E-state index contributed by atoms with van der Waals surface area (Å²) in [5.41, 5.74) is 1.77. The SMILES string of the molecule is CCc1ccc(C(=O)COC(=O)c2cccnc2Oc2cccnc2)cc1. The third-order valence-corrected chi connectivity index (χ3v) is 3.86. The van der Waals surface area contributed by atoms with Crippen LogP contribution in [-0.2, 0) is 11.2 Å². The van der Waals surface area contributed by atoms with Crippen LogP contribution in [0.5, 0.6) is 11.6 Å². The van der Waals surface area contributed by atoms with Crippen LogP contribution in [0.25, 0.3) is 0 Å². The van der Waals surface area contributed by atoms with Crippen LogP contribution in [0.3, 0.4) is 0 Å². The van der Waals surface area contributed by atoms with E-state index in [1.54, 1.807) is 36.5 Å². The summed E-state index contributed by atoms with van der Waals surface area (Å²) in [6.45, 7) is 1.68. The van der Waals surface area contributed by atoms with Gasteiger partial charge in [-0.15, -0.1) is 0 Å². The molecule has 136 valence electrons. The lowest BCUT2D eigenvalue weighted by atomic mass is 10.1. The molecule has 1 aromatic carbocycles. The average molecular weight is 362 g/mol. The lowest BCUT2D eigenvalue weighted by molar-refractivity contribution is 0.0471. The molecule has 0 spiro atoms. The molecule has 0 aliphatic carbocycles. The number of rotatable bonds is 7. The fraction of sp³-hybridized carbons (Fsp3) is 0.143. The Labute approximate surface area is 156 Å². The van der Waals surface area contributed by atoms with E-state index < -0.39 is 5.97 Å². The predicted octanol–water partition coefficient (Wildman–Crippen LogP) is 3.87. The normalized spacial score (nSPS) is 10.3. The number of carbonyl (C=O) groups excluding carboxylic acids is 2. The number of nitrogens with zero attached hydrogens (tertiary/aromatic N) is 2. The first-order chi connectivity index (χ1) is 13.2. The second kappa shape index (κ2) is 8.71. The number of hydrogen-bond acceptors (Lipinski definition) is 6. The minimum absolute atomic E-state index is 0.0928. The van der Waals surface area contributed by atoms with Crippen LogP contribution in [0.1, 0.15) is 33.2 Å². The molecule has 0 bridgehead atoms. The van der Waals surface area contributed by atoms with Gasteiger partial charge in [-0.25, -0.2) is 9.78 Å². The van der Waals surface area contributed by atoms with E-state index in [2.05, 4.69) is 9.97 Å². The Balaban J connectivity index is 1.66. The number of Topliss-reactive ketones (excluding diaryl/α,β-unsaturated/α-hetero) is 1. The average Bonchev–Trinajstić information content (AvgIpc) is 2.73. The molecule has 0 saturated carbocycles. The zero-order valence-corrected chi connectivity index (χ0v) is 14.8. The number of hydrogen-bond donors (Lipinski definition) is 0. The Hall–Kier alpha value is -3.54. The summed E-state index contributed by atoms with van der Waals surface area (Å²) in [6.07, 6.45) is 5.51. The molecule has 0 fully saturated rings. The number of benzene rings is 1. The molecule has 27 heavy (non-hydrogen) atoms. The summed E-state index contributed by atoms with van der Waals surface area (Å²) < 4.78 is 10.7. The lowest BCUT2D eigenvalue weighted by Crippen LogP contribution is -2.15. The second-order valence-electron chi connectivity index (χ2n) is 5.70. The molecule has 0 N–H and O–H groups in total. The van der Waals surface area contributed by atoms with Crippen LogP contribution in [0, 0.1) is 0 Å². The van der Waals surface area contributed by atoms with E-state index in [-0.39, 0.29) is 23.8 Å². The predicted molar refractivity (Wildman–Crippen MR) is 99.0 cm³/mol. The Bertz CT molecular complexity index is 924. The Morgan fingerprint density at radius 3 is 2.48 bits per heavy atom. The van der Waals surface area contributed by atoms with E-state index in [4.69, 9.17) is 9.47 Å². The van der Waals surface area contributed by atoms with Gasteiger partial charge in [0.2, 0.25) is 5.88 Å². The van der Waals surface area contributed by atoms with Gasteiger partial charge in [0.1, 0.15) is 11.3 Å². The van der Waals surface area contributed by atoms with Crippen molar-refractivity contribution in [3.05, 3.63) is 83.8 Å². The molecule has 2 aromatic heterocycles. The molecule has 0 saturated heterocycles. The molecule has 0 atom stereocenters. The third-order valence-electron chi connectivity index (χ3n) is 3.86. The number of ketones is 1. The quantitative estimate of drug-likeness (QED) is 0.469. The minimum Gasteiger partial charge on any atom is -0.454 e. The number of ether oxygens (including phenoxy) is 2. The fourth-order valence-corrected chi connectivity index (χ4v) is 2.37. The maximum Gasteiger partial charge on any atom is 0.344 e. The highest BCUT2D eigenvalue weighted by Crippen LogP contribution is 2.22. The van der Waals surface area contributed by atoms with Gasteiger partial charge in [0, 0.05) is 18.0 Å². The van der Waals surface area contributed by atoms with E-state index >= 15 is 0 Å². The standard InChI is InChI=1S/C21H18N2O4/c1-2-15-7-9-16(10-8-15)19(24)14-26-21(25)18-6-4-12-23-20(18)27-17-5-3-11-22-13-17/h3-13H,2,14H2,1H3. The first kappa shape index (κ1) is 18.3. The van der Waals surface area contributed by atoms with E-state index in [9.17, 15) is 9.59 Å². The van der Waals surface area contributed by atoms with Gasteiger partial charge < -0.3 is 9.47 Å². The molecule has 0 amide bonds. The van der Waals surface area contributed by atoms with Gasteiger partial charge in [0.15, 0.2) is 12.4 Å². The maximum absolute atomic E-state index is 12.4. The van der Waals surface area contributed by atoms with Crippen molar-refractivity contribution in [1.29, 1.82) is 0 Å². The van der Waals surface area contributed by atoms with Gasteiger partial charge in [0.25, 0.3) is 0 Å². The van der Waals surface area contributed by atoms with Crippen molar-refractivity contribution in [1.82, 2.24) is 9.97 Å². The third kappa shape index (κ3) is 4.76. The Kier molecular flexibility index (Phi) is 5.89. The number of aromatic nitrogens is 2. The number of carbonyl (C=O) groups is 2. The topological polar surface area (TPSA) is 78.4 Å². The van der Waals surface area contributed by atoms with Crippen molar-refractivity contribution >= 4 is 11.8 Å². The first-order valence-electron chi connectivity index (χ1n) is 8.49. The van der Waals surface area contributed by atoms with Crippen molar-refractivity contribution in [2.75, 3.05) is 6.61 Å². The Morgan fingerprint density at radius 1 is 1.00 bits per heavy atom. The summed E-state index contributed by atoms with van der Waals surface area (Å²) in [5, 5.41) is 0. The number of esters is 1. The summed E-state index contributed by atoms with van der Waals surface area (Å²) in [7, 11) is 0. The maximum atomic E-state index is 12.4. The number of aryl methyl sites for hydroxylation is 1. The molecule has 6 nitrogen and oxygen atoms in total. The van der Waals surface area contributed by atoms with Gasteiger partial charge >= 0.3 is 5.97 Å². The van der Waals surface area contributed by atoms with Crippen molar-refractivity contribution in [3.63, 3.8) is 0 Å². The minimum atomic E-state index is -0.680. The summed E-state index contributed by atoms with van der Waals surface area (Å²) >= 11 is 0. The molecule has 0 aliphatic rings. The van der Waals surface area contributed by atoms with E-state index in [0.29, 0.717) is 11.3 Å². The lowest BCUT2D eigenvalue weighted by Gasteiger charge is -2.09. The van der Waals surface area contributed by atoms with E-state index in [1.807, 2.05) is 19.1 Å². The fourth-order valence-electron chi connectivity index (χ4n) is 2.37. The molecular weight excluding hydrogens is 344 g/mol. The molecule has 0 radical (unpaired) electrons. The molecule has 3 aromatic rings. The van der Waals surface area contributed by atoms with Crippen LogP contribution in [-0.4, -0.2) is 28.3 Å². The van der Waals surface area contributed by atoms with Crippen molar-refractivity contribution in [2.24, 2.45) is 0 Å². The highest BCUT2D eigenvalue weighted by Gasteiger charge is 2.17. The van der Waals surface area contributed by atoms with Crippen molar-refractivity contribution < 1.29 is 19.1 Å². The Morgan fingerprint density at radius 2 is 1.78 bits per heavy atom. The first-order valence-corrected chi connectivity index (χ1v) is 8.49.